The lowest BCUT2D eigenvalue weighted by Gasteiger charge is -2.13. The molecule has 0 aliphatic rings. The molecule has 166 valence electrons. The number of halogens is 1. The van der Waals surface area contributed by atoms with Gasteiger partial charge in [-0.15, -0.1) is 0 Å². The van der Waals surface area contributed by atoms with Crippen LogP contribution in [-0.4, -0.2) is 20.9 Å². The molecule has 0 atom stereocenters. The second-order valence-corrected chi connectivity index (χ2v) is 8.16. The number of pyridine rings is 1. The number of rotatable bonds is 7. The van der Waals surface area contributed by atoms with Crippen molar-refractivity contribution < 1.29 is 9.18 Å². The van der Waals surface area contributed by atoms with Gasteiger partial charge in [-0.2, -0.15) is 0 Å². The van der Waals surface area contributed by atoms with Crippen molar-refractivity contribution in [3.8, 4) is 22.4 Å². The van der Waals surface area contributed by atoms with Gasteiger partial charge in [-0.25, -0.2) is 14.4 Å². The van der Waals surface area contributed by atoms with Gasteiger partial charge >= 0.3 is 0 Å². The first-order valence-electron chi connectivity index (χ1n) is 10.9. The van der Waals surface area contributed by atoms with E-state index >= 15 is 0 Å². The summed E-state index contributed by atoms with van der Waals surface area (Å²) < 4.78 is 13.0. The lowest BCUT2D eigenvalue weighted by molar-refractivity contribution is -0.120. The van der Waals surface area contributed by atoms with Crippen molar-refractivity contribution >= 4 is 5.91 Å². The van der Waals surface area contributed by atoms with Crippen LogP contribution in [0.5, 0.6) is 0 Å². The Labute approximate surface area is 192 Å². The van der Waals surface area contributed by atoms with Gasteiger partial charge in [-0.05, 0) is 41.0 Å². The molecule has 0 unspecified atom stereocenters. The van der Waals surface area contributed by atoms with Gasteiger partial charge in [0.05, 0.1) is 12.1 Å². The van der Waals surface area contributed by atoms with Gasteiger partial charge in [0.1, 0.15) is 11.6 Å². The molecular formula is C27H25FN4O. The molecule has 4 rings (SSSR count). The van der Waals surface area contributed by atoms with Crippen LogP contribution in [0.4, 0.5) is 4.39 Å². The number of benzene rings is 2. The Hall–Kier alpha value is -3.93. The molecule has 1 N–H and O–H groups in total. The second-order valence-electron chi connectivity index (χ2n) is 8.16. The third kappa shape index (κ3) is 5.66. The van der Waals surface area contributed by atoms with Crippen molar-refractivity contribution in [3.63, 3.8) is 0 Å². The van der Waals surface area contributed by atoms with Gasteiger partial charge in [0.15, 0.2) is 0 Å². The van der Waals surface area contributed by atoms with Gasteiger partial charge < -0.3 is 5.32 Å². The number of aromatic nitrogens is 3. The first-order valence-corrected chi connectivity index (χ1v) is 10.9. The predicted molar refractivity (Wildman–Crippen MR) is 127 cm³/mol. The molecule has 0 aliphatic heterocycles. The first kappa shape index (κ1) is 22.3. The highest BCUT2D eigenvalue weighted by atomic mass is 19.1. The lowest BCUT2D eigenvalue weighted by Crippen LogP contribution is -2.24. The van der Waals surface area contributed by atoms with E-state index in [1.165, 1.54) is 12.1 Å². The van der Waals surface area contributed by atoms with Gasteiger partial charge in [-0.1, -0.05) is 50.2 Å². The van der Waals surface area contributed by atoms with E-state index in [2.05, 4.69) is 29.1 Å². The molecule has 0 aliphatic carbocycles. The smallest absolute Gasteiger partial charge is 0.224 e. The van der Waals surface area contributed by atoms with Gasteiger partial charge in [0.2, 0.25) is 5.91 Å². The van der Waals surface area contributed by atoms with Gasteiger partial charge in [0.25, 0.3) is 0 Å². The molecule has 0 radical (unpaired) electrons. The molecule has 1 amide bonds. The molecule has 33 heavy (non-hydrogen) atoms. The molecule has 6 heteroatoms. The van der Waals surface area contributed by atoms with E-state index in [0.717, 1.165) is 39.3 Å². The zero-order chi connectivity index (χ0) is 23.2. The zero-order valence-electron chi connectivity index (χ0n) is 18.6. The summed E-state index contributed by atoms with van der Waals surface area (Å²) in [6.07, 6.45) is 5.60. The molecule has 0 fully saturated rings. The monoisotopic (exact) mass is 440 g/mol. The average molecular weight is 441 g/mol. The van der Waals surface area contributed by atoms with Crippen molar-refractivity contribution in [3.05, 3.63) is 102 Å². The van der Waals surface area contributed by atoms with Crippen LogP contribution in [0.1, 0.15) is 36.7 Å². The van der Waals surface area contributed by atoms with E-state index in [0.29, 0.717) is 6.54 Å². The fraction of sp³-hybridized carbons (Fsp3) is 0.185. The minimum absolute atomic E-state index is 0.108. The first-order chi connectivity index (χ1) is 16.0. The molecule has 5 nitrogen and oxygen atoms in total. The zero-order valence-corrected chi connectivity index (χ0v) is 18.6. The normalized spacial score (nSPS) is 10.9. The summed E-state index contributed by atoms with van der Waals surface area (Å²) in [5.41, 5.74) is 5.56. The fourth-order valence-electron chi connectivity index (χ4n) is 3.47. The van der Waals surface area contributed by atoms with Crippen molar-refractivity contribution in [2.24, 2.45) is 0 Å². The number of nitrogens with zero attached hydrogens (tertiary/aromatic N) is 3. The van der Waals surface area contributed by atoms with Crippen molar-refractivity contribution in [2.45, 2.75) is 32.7 Å². The molecule has 0 saturated carbocycles. The molecular weight excluding hydrogens is 415 g/mol. The minimum atomic E-state index is -0.310. The van der Waals surface area contributed by atoms with E-state index < -0.39 is 0 Å². The maximum absolute atomic E-state index is 13.0. The highest BCUT2D eigenvalue weighted by Gasteiger charge is 2.13. The Kier molecular flexibility index (Phi) is 6.83. The van der Waals surface area contributed by atoms with Crippen LogP contribution < -0.4 is 5.32 Å². The van der Waals surface area contributed by atoms with E-state index in [9.17, 15) is 9.18 Å². The number of hydrogen-bond acceptors (Lipinski definition) is 4. The Bertz CT molecular complexity index is 1220. The molecule has 2 aromatic heterocycles. The van der Waals surface area contributed by atoms with Crippen LogP contribution in [0.25, 0.3) is 22.4 Å². The summed E-state index contributed by atoms with van der Waals surface area (Å²) in [7, 11) is 0. The Morgan fingerprint density at radius 1 is 0.909 bits per heavy atom. The van der Waals surface area contributed by atoms with E-state index in [-0.39, 0.29) is 24.1 Å². The highest BCUT2D eigenvalue weighted by molar-refractivity contribution is 5.80. The third-order valence-electron chi connectivity index (χ3n) is 5.31. The number of nitrogens with one attached hydrogen (secondary N) is 1. The lowest BCUT2D eigenvalue weighted by atomic mass is 10.00. The summed E-state index contributed by atoms with van der Waals surface area (Å²) >= 11 is 0. The van der Waals surface area contributed by atoms with Crippen LogP contribution in [0.15, 0.2) is 79.3 Å². The highest BCUT2D eigenvalue weighted by Crippen LogP contribution is 2.31. The van der Waals surface area contributed by atoms with E-state index in [1.807, 2.05) is 42.6 Å². The molecule has 0 bridgehead atoms. The average Bonchev–Trinajstić information content (AvgIpc) is 2.84. The predicted octanol–water partition coefficient (Wildman–Crippen LogP) is 5.33. The van der Waals surface area contributed by atoms with E-state index in [1.54, 1.807) is 24.5 Å². The van der Waals surface area contributed by atoms with Crippen LogP contribution in [0.3, 0.4) is 0 Å². The molecule has 4 aromatic rings. The van der Waals surface area contributed by atoms with Crippen LogP contribution >= 0.6 is 0 Å². The standard InChI is InChI=1S/C27H25FN4O/c1-18(2)27-31-17-24(21-11-13-29-14-12-21)26(32-27)22-7-3-20(4-8-22)16-30-25(33)15-19-5-9-23(28)10-6-19/h3-14,17-18H,15-16H2,1-2H3,(H,30,33). The summed E-state index contributed by atoms with van der Waals surface area (Å²) in [4.78, 5) is 25.7. The number of hydrogen-bond donors (Lipinski definition) is 1. The number of amides is 1. The molecule has 0 spiro atoms. The summed E-state index contributed by atoms with van der Waals surface area (Å²) in [6, 6.07) is 17.9. The molecule has 2 heterocycles. The summed E-state index contributed by atoms with van der Waals surface area (Å²) in [5.74, 6) is 0.587. The molecule has 0 saturated heterocycles. The quantitative estimate of drug-likeness (QED) is 0.422. The fourth-order valence-corrected chi connectivity index (χ4v) is 3.47. The van der Waals surface area contributed by atoms with E-state index in [4.69, 9.17) is 4.98 Å². The summed E-state index contributed by atoms with van der Waals surface area (Å²) in [6.45, 7) is 4.56. The van der Waals surface area contributed by atoms with Crippen molar-refractivity contribution in [1.82, 2.24) is 20.3 Å². The maximum Gasteiger partial charge on any atom is 0.224 e. The van der Waals surface area contributed by atoms with Crippen molar-refractivity contribution in [2.75, 3.05) is 0 Å². The Morgan fingerprint density at radius 2 is 1.58 bits per heavy atom. The maximum atomic E-state index is 13.0. The van der Waals surface area contributed by atoms with Crippen LogP contribution in [0, 0.1) is 5.82 Å². The molecule has 2 aromatic carbocycles. The number of carbonyl (C=O) groups is 1. The summed E-state index contributed by atoms with van der Waals surface area (Å²) in [5, 5.41) is 2.92. The SMILES string of the molecule is CC(C)c1ncc(-c2ccncc2)c(-c2ccc(CNC(=O)Cc3ccc(F)cc3)cc2)n1. The second kappa shape index (κ2) is 10.1. The third-order valence-corrected chi connectivity index (χ3v) is 5.31. The number of carbonyl (C=O) groups excluding carboxylic acids is 1. The van der Waals surface area contributed by atoms with Crippen molar-refractivity contribution in [1.29, 1.82) is 0 Å². The van der Waals surface area contributed by atoms with Crippen LogP contribution in [-0.2, 0) is 17.8 Å². The van der Waals surface area contributed by atoms with Gasteiger partial charge in [0, 0.05) is 42.2 Å². The van der Waals surface area contributed by atoms with Crippen LogP contribution in [0.2, 0.25) is 0 Å². The van der Waals surface area contributed by atoms with Gasteiger partial charge in [-0.3, -0.25) is 9.78 Å². The largest absolute Gasteiger partial charge is 0.352 e. The Balaban J connectivity index is 1.50. The minimum Gasteiger partial charge on any atom is -0.352 e. The topological polar surface area (TPSA) is 67.8 Å². The Morgan fingerprint density at radius 3 is 2.24 bits per heavy atom.